The SMILES string of the molecule is CCCOC(=O)C(=Cc1ccc2c(c1)OCO2)NC(=O)c1ccccc1Cl. The van der Waals surface area contributed by atoms with E-state index in [1.807, 2.05) is 6.92 Å². The normalized spacial score (nSPS) is 12.6. The van der Waals surface area contributed by atoms with Crippen LogP contribution in [-0.4, -0.2) is 25.3 Å². The van der Waals surface area contributed by atoms with Crippen LogP contribution >= 0.6 is 11.6 Å². The van der Waals surface area contributed by atoms with Crippen molar-refractivity contribution in [3.63, 3.8) is 0 Å². The number of carbonyl (C=O) groups is 2. The Hall–Kier alpha value is -2.99. The van der Waals surface area contributed by atoms with Crippen molar-refractivity contribution in [2.75, 3.05) is 13.4 Å². The van der Waals surface area contributed by atoms with E-state index in [9.17, 15) is 9.59 Å². The molecule has 0 fully saturated rings. The molecule has 3 rings (SSSR count). The molecule has 1 aliphatic heterocycles. The Morgan fingerprint density at radius 1 is 1.19 bits per heavy atom. The number of esters is 1. The third kappa shape index (κ3) is 4.60. The van der Waals surface area contributed by atoms with Crippen molar-refractivity contribution in [2.24, 2.45) is 0 Å². The highest BCUT2D eigenvalue weighted by atomic mass is 35.5. The predicted molar refractivity (Wildman–Crippen MR) is 101 cm³/mol. The molecule has 2 aromatic carbocycles. The molecule has 7 heteroatoms. The number of amides is 1. The third-order valence-electron chi connectivity index (χ3n) is 3.73. The summed E-state index contributed by atoms with van der Waals surface area (Å²) in [5.41, 5.74) is 0.924. The molecule has 140 valence electrons. The van der Waals surface area contributed by atoms with Gasteiger partial charge in [-0.05, 0) is 42.3 Å². The second-order valence-electron chi connectivity index (χ2n) is 5.74. The Balaban J connectivity index is 1.87. The highest BCUT2D eigenvalue weighted by molar-refractivity contribution is 6.34. The molecule has 0 aliphatic carbocycles. The molecule has 0 saturated heterocycles. The maximum Gasteiger partial charge on any atom is 0.354 e. The van der Waals surface area contributed by atoms with E-state index in [0.717, 1.165) is 0 Å². The Bertz CT molecular complexity index is 894. The molecule has 1 N–H and O–H groups in total. The van der Waals surface area contributed by atoms with Crippen LogP contribution < -0.4 is 14.8 Å². The Morgan fingerprint density at radius 3 is 2.74 bits per heavy atom. The zero-order chi connectivity index (χ0) is 19.2. The summed E-state index contributed by atoms with van der Waals surface area (Å²) in [7, 11) is 0. The van der Waals surface area contributed by atoms with Gasteiger partial charge in [-0.2, -0.15) is 0 Å². The minimum absolute atomic E-state index is 0.00670. The summed E-state index contributed by atoms with van der Waals surface area (Å²) in [6.07, 6.45) is 2.19. The molecular weight excluding hydrogens is 370 g/mol. The van der Waals surface area contributed by atoms with Gasteiger partial charge in [-0.1, -0.05) is 36.7 Å². The molecule has 2 aromatic rings. The van der Waals surface area contributed by atoms with Gasteiger partial charge in [0.15, 0.2) is 11.5 Å². The zero-order valence-electron chi connectivity index (χ0n) is 14.7. The van der Waals surface area contributed by atoms with Crippen molar-refractivity contribution in [2.45, 2.75) is 13.3 Å². The van der Waals surface area contributed by atoms with Gasteiger partial charge in [-0.3, -0.25) is 4.79 Å². The van der Waals surface area contributed by atoms with Crippen molar-refractivity contribution >= 4 is 29.6 Å². The first-order valence-electron chi connectivity index (χ1n) is 8.43. The van der Waals surface area contributed by atoms with Gasteiger partial charge in [0.2, 0.25) is 6.79 Å². The van der Waals surface area contributed by atoms with Gasteiger partial charge < -0.3 is 19.5 Å². The van der Waals surface area contributed by atoms with E-state index in [-0.39, 0.29) is 24.7 Å². The predicted octanol–water partition coefficient (Wildman–Crippen LogP) is 3.79. The Morgan fingerprint density at radius 2 is 1.96 bits per heavy atom. The molecule has 27 heavy (non-hydrogen) atoms. The van der Waals surface area contributed by atoms with Crippen LogP contribution in [0.3, 0.4) is 0 Å². The van der Waals surface area contributed by atoms with Crippen LogP contribution in [0, 0.1) is 0 Å². The van der Waals surface area contributed by atoms with Crippen LogP contribution in [0.15, 0.2) is 48.2 Å². The molecule has 1 amide bonds. The second kappa shape index (κ2) is 8.60. The summed E-state index contributed by atoms with van der Waals surface area (Å²) >= 11 is 6.06. The maximum atomic E-state index is 12.5. The molecule has 0 atom stereocenters. The van der Waals surface area contributed by atoms with E-state index in [2.05, 4.69) is 5.32 Å². The van der Waals surface area contributed by atoms with E-state index >= 15 is 0 Å². The average Bonchev–Trinajstić information content (AvgIpc) is 3.13. The highest BCUT2D eigenvalue weighted by Crippen LogP contribution is 2.33. The molecule has 1 aliphatic rings. The summed E-state index contributed by atoms with van der Waals surface area (Å²) < 4.78 is 15.8. The number of rotatable bonds is 6. The van der Waals surface area contributed by atoms with Crippen LogP contribution in [0.4, 0.5) is 0 Å². The number of carbonyl (C=O) groups excluding carboxylic acids is 2. The van der Waals surface area contributed by atoms with Gasteiger partial charge in [-0.15, -0.1) is 0 Å². The van der Waals surface area contributed by atoms with Crippen LogP contribution in [-0.2, 0) is 9.53 Å². The maximum absolute atomic E-state index is 12.5. The number of benzene rings is 2. The molecule has 0 spiro atoms. The van der Waals surface area contributed by atoms with Crippen LogP contribution in [0.25, 0.3) is 6.08 Å². The highest BCUT2D eigenvalue weighted by Gasteiger charge is 2.19. The molecule has 6 nitrogen and oxygen atoms in total. The van der Waals surface area contributed by atoms with Gasteiger partial charge in [0.25, 0.3) is 5.91 Å². The lowest BCUT2D eigenvalue weighted by molar-refractivity contribution is -0.139. The van der Waals surface area contributed by atoms with Crippen LogP contribution in [0.2, 0.25) is 5.02 Å². The molecule has 0 aromatic heterocycles. The topological polar surface area (TPSA) is 73.9 Å². The molecule has 0 radical (unpaired) electrons. The molecule has 0 bridgehead atoms. The largest absolute Gasteiger partial charge is 0.461 e. The van der Waals surface area contributed by atoms with Gasteiger partial charge >= 0.3 is 5.97 Å². The van der Waals surface area contributed by atoms with Crippen LogP contribution in [0.1, 0.15) is 29.3 Å². The fraction of sp³-hybridized carbons (Fsp3) is 0.200. The molecule has 0 unspecified atom stereocenters. The summed E-state index contributed by atoms with van der Waals surface area (Å²) in [6, 6.07) is 11.8. The Kier molecular flexibility index (Phi) is 5.98. The van der Waals surface area contributed by atoms with E-state index in [4.69, 9.17) is 25.8 Å². The number of fused-ring (bicyclic) bond motifs is 1. The fourth-order valence-electron chi connectivity index (χ4n) is 2.42. The second-order valence-corrected chi connectivity index (χ2v) is 6.15. The smallest absolute Gasteiger partial charge is 0.354 e. The first-order chi connectivity index (χ1) is 13.1. The van der Waals surface area contributed by atoms with E-state index in [1.165, 1.54) is 6.08 Å². The fourth-order valence-corrected chi connectivity index (χ4v) is 2.64. The Labute approximate surface area is 161 Å². The number of hydrogen-bond donors (Lipinski definition) is 1. The van der Waals surface area contributed by atoms with Crippen molar-refractivity contribution in [1.29, 1.82) is 0 Å². The third-order valence-corrected chi connectivity index (χ3v) is 4.06. The van der Waals surface area contributed by atoms with Crippen molar-refractivity contribution in [3.05, 3.63) is 64.3 Å². The zero-order valence-corrected chi connectivity index (χ0v) is 15.4. The van der Waals surface area contributed by atoms with Crippen molar-refractivity contribution < 1.29 is 23.8 Å². The number of nitrogens with one attached hydrogen (secondary N) is 1. The van der Waals surface area contributed by atoms with Gasteiger partial charge in [0.05, 0.1) is 17.2 Å². The van der Waals surface area contributed by atoms with E-state index < -0.39 is 11.9 Å². The average molecular weight is 388 g/mol. The lowest BCUT2D eigenvalue weighted by Gasteiger charge is -2.11. The first kappa shape index (κ1) is 18.8. The van der Waals surface area contributed by atoms with Crippen molar-refractivity contribution in [3.8, 4) is 11.5 Å². The first-order valence-corrected chi connectivity index (χ1v) is 8.80. The minimum atomic E-state index is -0.630. The number of halogens is 1. The van der Waals surface area contributed by atoms with Crippen LogP contribution in [0.5, 0.6) is 11.5 Å². The van der Waals surface area contributed by atoms with Crippen molar-refractivity contribution in [1.82, 2.24) is 5.32 Å². The summed E-state index contributed by atoms with van der Waals surface area (Å²) in [6.45, 7) is 2.28. The number of ether oxygens (including phenoxy) is 3. The monoisotopic (exact) mass is 387 g/mol. The lowest BCUT2D eigenvalue weighted by atomic mass is 10.1. The molecule has 0 saturated carbocycles. The number of hydrogen-bond acceptors (Lipinski definition) is 5. The van der Waals surface area contributed by atoms with Gasteiger partial charge in [0, 0.05) is 0 Å². The lowest BCUT2D eigenvalue weighted by Crippen LogP contribution is -2.28. The molecule has 1 heterocycles. The summed E-state index contributed by atoms with van der Waals surface area (Å²) in [5.74, 6) is 0.0702. The minimum Gasteiger partial charge on any atom is -0.461 e. The standard InChI is InChI=1S/C20H18ClNO5/c1-2-9-25-20(24)16(22-19(23)14-5-3-4-6-15(14)21)10-13-7-8-17-18(11-13)27-12-26-17/h3-8,10-11H,2,9,12H2,1H3,(H,22,23). The van der Waals surface area contributed by atoms with Gasteiger partial charge in [0.1, 0.15) is 5.70 Å². The van der Waals surface area contributed by atoms with E-state index in [1.54, 1.807) is 42.5 Å². The quantitative estimate of drug-likeness (QED) is 0.603. The van der Waals surface area contributed by atoms with Gasteiger partial charge in [-0.25, -0.2) is 4.79 Å². The summed E-state index contributed by atoms with van der Waals surface area (Å²) in [5, 5.41) is 2.88. The van der Waals surface area contributed by atoms with E-state index in [0.29, 0.717) is 28.5 Å². The summed E-state index contributed by atoms with van der Waals surface area (Å²) in [4.78, 5) is 24.9. The molecular formula is C20H18ClNO5.